The molecule has 0 unspecified atom stereocenters. The Kier molecular flexibility index (Phi) is 4.63. The van der Waals surface area contributed by atoms with Crippen molar-refractivity contribution in [2.45, 2.75) is 44.1 Å². The molecular formula is C13H23N3O3. The number of hydrogen-bond donors (Lipinski definition) is 3. The molecule has 0 bridgehead atoms. The van der Waals surface area contributed by atoms with Gasteiger partial charge >= 0.3 is 12.0 Å². The van der Waals surface area contributed by atoms with Crippen molar-refractivity contribution in [2.24, 2.45) is 0 Å². The van der Waals surface area contributed by atoms with E-state index in [1.54, 1.807) is 0 Å². The molecule has 2 fully saturated rings. The predicted octanol–water partition coefficient (Wildman–Crippen LogP) is 0.779. The monoisotopic (exact) mass is 269 g/mol. The molecule has 0 aromatic heterocycles. The quantitative estimate of drug-likeness (QED) is 0.665. The Morgan fingerprint density at radius 2 is 1.84 bits per heavy atom. The molecule has 1 heterocycles. The first-order valence-electron chi connectivity index (χ1n) is 7.10. The smallest absolute Gasteiger partial charge is 0.315 e. The van der Waals surface area contributed by atoms with Crippen LogP contribution in [0.5, 0.6) is 0 Å². The van der Waals surface area contributed by atoms with Crippen LogP contribution in [0.15, 0.2) is 0 Å². The van der Waals surface area contributed by atoms with Gasteiger partial charge in [0.2, 0.25) is 0 Å². The summed E-state index contributed by atoms with van der Waals surface area (Å²) in [7, 11) is 0. The van der Waals surface area contributed by atoms with E-state index in [2.05, 4.69) is 15.5 Å². The van der Waals surface area contributed by atoms with E-state index in [-0.39, 0.29) is 12.5 Å². The molecule has 6 nitrogen and oxygen atoms in total. The summed E-state index contributed by atoms with van der Waals surface area (Å²) in [6.07, 6.45) is 5.02. The number of nitrogens with zero attached hydrogens (tertiary/aromatic N) is 1. The van der Waals surface area contributed by atoms with Gasteiger partial charge in [-0.15, -0.1) is 0 Å². The van der Waals surface area contributed by atoms with Crippen LogP contribution < -0.4 is 10.6 Å². The molecule has 2 amide bonds. The fourth-order valence-electron chi connectivity index (χ4n) is 2.86. The molecule has 2 aliphatic rings. The maximum atomic E-state index is 11.8. The van der Waals surface area contributed by atoms with Gasteiger partial charge in [-0.3, -0.25) is 4.79 Å². The number of urea groups is 1. The third kappa shape index (κ3) is 4.09. The Balaban J connectivity index is 1.66. The molecule has 0 spiro atoms. The summed E-state index contributed by atoms with van der Waals surface area (Å²) < 4.78 is 0. The molecule has 0 aromatic carbocycles. The lowest BCUT2D eigenvalue weighted by Gasteiger charge is -2.41. The minimum absolute atomic E-state index is 0.0204. The van der Waals surface area contributed by atoms with Crippen LogP contribution in [0, 0.1) is 0 Å². The molecule has 1 saturated heterocycles. The standard InChI is InChI=1S/C13H23N3O3/c17-11(18)10-13(4-3-5-13)15-12(19)14-6-9-16-7-1-2-8-16/h1-10H2,(H,17,18)(H2,14,15,19). The molecule has 0 aromatic rings. The van der Waals surface area contributed by atoms with E-state index in [0.717, 1.165) is 38.9 Å². The second kappa shape index (κ2) is 6.23. The van der Waals surface area contributed by atoms with Crippen LogP contribution in [0.2, 0.25) is 0 Å². The summed E-state index contributed by atoms with van der Waals surface area (Å²) >= 11 is 0. The van der Waals surface area contributed by atoms with E-state index < -0.39 is 11.5 Å². The Morgan fingerprint density at radius 3 is 2.37 bits per heavy atom. The van der Waals surface area contributed by atoms with Gasteiger partial charge in [0.05, 0.1) is 12.0 Å². The summed E-state index contributed by atoms with van der Waals surface area (Å²) in [6.45, 7) is 3.73. The van der Waals surface area contributed by atoms with Gasteiger partial charge in [0.25, 0.3) is 0 Å². The van der Waals surface area contributed by atoms with Crippen LogP contribution in [0.4, 0.5) is 4.79 Å². The van der Waals surface area contributed by atoms with Crippen LogP contribution in [-0.2, 0) is 4.79 Å². The Labute approximate surface area is 113 Å². The minimum Gasteiger partial charge on any atom is -0.481 e. The van der Waals surface area contributed by atoms with Gasteiger partial charge in [-0.05, 0) is 45.2 Å². The van der Waals surface area contributed by atoms with Crippen LogP contribution in [-0.4, -0.2) is 53.7 Å². The normalized spacial score (nSPS) is 21.7. The third-order valence-electron chi connectivity index (χ3n) is 4.09. The van der Waals surface area contributed by atoms with E-state index >= 15 is 0 Å². The number of hydrogen-bond acceptors (Lipinski definition) is 3. The molecule has 108 valence electrons. The number of carbonyl (C=O) groups is 2. The van der Waals surface area contributed by atoms with Crippen molar-refractivity contribution in [3.63, 3.8) is 0 Å². The lowest BCUT2D eigenvalue weighted by Crippen LogP contribution is -2.57. The number of carboxylic acid groups (broad SMARTS) is 1. The van der Waals surface area contributed by atoms with Gasteiger partial charge in [0.15, 0.2) is 0 Å². The van der Waals surface area contributed by atoms with Crippen LogP contribution in [0.25, 0.3) is 0 Å². The largest absolute Gasteiger partial charge is 0.481 e. The lowest BCUT2D eigenvalue weighted by molar-refractivity contribution is -0.139. The highest BCUT2D eigenvalue weighted by atomic mass is 16.4. The van der Waals surface area contributed by atoms with E-state index in [1.807, 2.05) is 0 Å². The average Bonchev–Trinajstić information content (AvgIpc) is 2.78. The van der Waals surface area contributed by atoms with E-state index in [4.69, 9.17) is 5.11 Å². The van der Waals surface area contributed by atoms with Gasteiger partial charge in [-0.25, -0.2) is 4.79 Å². The summed E-state index contributed by atoms with van der Waals surface area (Å²) in [5.41, 5.74) is -0.510. The maximum Gasteiger partial charge on any atom is 0.315 e. The number of aliphatic carboxylic acids is 1. The number of carbonyl (C=O) groups excluding carboxylic acids is 1. The van der Waals surface area contributed by atoms with Crippen molar-refractivity contribution in [3.05, 3.63) is 0 Å². The lowest BCUT2D eigenvalue weighted by atomic mass is 9.74. The molecular weight excluding hydrogens is 246 g/mol. The molecule has 0 atom stereocenters. The summed E-state index contributed by atoms with van der Waals surface area (Å²) in [5.74, 6) is -0.850. The first kappa shape index (κ1) is 14.1. The summed E-state index contributed by atoms with van der Waals surface area (Å²) in [4.78, 5) is 24.9. The van der Waals surface area contributed by atoms with Gasteiger partial charge in [0, 0.05) is 13.1 Å². The Morgan fingerprint density at radius 1 is 1.16 bits per heavy atom. The van der Waals surface area contributed by atoms with Crippen molar-refractivity contribution >= 4 is 12.0 Å². The van der Waals surface area contributed by atoms with Gasteiger partial charge in [0.1, 0.15) is 0 Å². The molecule has 19 heavy (non-hydrogen) atoms. The summed E-state index contributed by atoms with van der Waals surface area (Å²) in [6, 6.07) is -0.236. The first-order chi connectivity index (χ1) is 9.10. The molecule has 6 heteroatoms. The molecule has 0 radical (unpaired) electrons. The van der Waals surface area contributed by atoms with E-state index in [0.29, 0.717) is 6.54 Å². The highest BCUT2D eigenvalue weighted by Crippen LogP contribution is 2.34. The van der Waals surface area contributed by atoms with Crippen LogP contribution >= 0.6 is 0 Å². The van der Waals surface area contributed by atoms with E-state index in [9.17, 15) is 9.59 Å². The van der Waals surface area contributed by atoms with Crippen molar-refractivity contribution in [2.75, 3.05) is 26.2 Å². The number of carboxylic acids is 1. The molecule has 1 saturated carbocycles. The predicted molar refractivity (Wildman–Crippen MR) is 71.0 cm³/mol. The maximum absolute atomic E-state index is 11.8. The molecule has 1 aliphatic carbocycles. The topological polar surface area (TPSA) is 81.7 Å². The number of rotatable bonds is 6. The van der Waals surface area contributed by atoms with Gasteiger partial charge in [-0.2, -0.15) is 0 Å². The van der Waals surface area contributed by atoms with Gasteiger partial charge < -0.3 is 20.6 Å². The average molecular weight is 269 g/mol. The van der Waals surface area contributed by atoms with Gasteiger partial charge in [-0.1, -0.05) is 0 Å². The molecule has 1 aliphatic heterocycles. The first-order valence-corrected chi connectivity index (χ1v) is 7.10. The van der Waals surface area contributed by atoms with Crippen molar-refractivity contribution in [1.82, 2.24) is 15.5 Å². The summed E-state index contributed by atoms with van der Waals surface area (Å²) in [5, 5.41) is 14.5. The zero-order chi connectivity index (χ0) is 13.7. The van der Waals surface area contributed by atoms with Crippen molar-refractivity contribution in [1.29, 1.82) is 0 Å². The number of amides is 2. The minimum atomic E-state index is -0.850. The second-order valence-corrected chi connectivity index (χ2v) is 5.63. The highest BCUT2D eigenvalue weighted by molar-refractivity contribution is 5.77. The van der Waals surface area contributed by atoms with Crippen molar-refractivity contribution in [3.8, 4) is 0 Å². The fourth-order valence-corrected chi connectivity index (χ4v) is 2.86. The SMILES string of the molecule is O=C(O)CC1(NC(=O)NCCN2CCCC2)CCC1. The molecule has 3 N–H and O–H groups in total. The highest BCUT2D eigenvalue weighted by Gasteiger charge is 2.40. The second-order valence-electron chi connectivity index (χ2n) is 5.63. The number of likely N-dealkylation sites (tertiary alicyclic amines) is 1. The molecule has 2 rings (SSSR count). The van der Waals surface area contributed by atoms with E-state index in [1.165, 1.54) is 12.8 Å². The third-order valence-corrected chi connectivity index (χ3v) is 4.09. The Hall–Kier alpha value is -1.30. The fraction of sp³-hybridized carbons (Fsp3) is 0.846. The zero-order valence-electron chi connectivity index (χ0n) is 11.3. The number of nitrogens with one attached hydrogen (secondary N) is 2. The van der Waals surface area contributed by atoms with Crippen LogP contribution in [0.3, 0.4) is 0 Å². The van der Waals surface area contributed by atoms with Crippen LogP contribution in [0.1, 0.15) is 38.5 Å². The van der Waals surface area contributed by atoms with Crippen molar-refractivity contribution < 1.29 is 14.7 Å². The zero-order valence-corrected chi connectivity index (χ0v) is 11.3. The Bertz CT molecular complexity index is 336.